The number of carbonyl (C=O) groups is 1. The van der Waals surface area contributed by atoms with Crippen molar-refractivity contribution in [1.29, 1.82) is 0 Å². The second-order valence-corrected chi connectivity index (χ2v) is 7.89. The van der Waals surface area contributed by atoms with Crippen molar-refractivity contribution in [2.45, 2.75) is 4.90 Å². The van der Waals surface area contributed by atoms with E-state index in [0.717, 1.165) is 22.1 Å². The molecule has 120 valence electrons. The van der Waals surface area contributed by atoms with Crippen LogP contribution in [0.25, 0.3) is 21.8 Å². The van der Waals surface area contributed by atoms with Gasteiger partial charge in [-0.2, -0.15) is 0 Å². The number of rotatable bonds is 3. The lowest BCUT2D eigenvalue weighted by Gasteiger charge is -2.08. The highest BCUT2D eigenvalue weighted by atomic mass is 32.2. The standard InChI is InChI=1S/C17H11NO4S2/c19-17(20)16-15(9-10-23-16)24(21,22)18-13-7-3-1-5-11(13)12-6-2-4-8-14(12)18/h1-10H,(H,19,20). The molecule has 2 aromatic carbocycles. The molecule has 0 fully saturated rings. The molecule has 0 aliphatic heterocycles. The molecule has 0 saturated heterocycles. The minimum atomic E-state index is -4.03. The smallest absolute Gasteiger partial charge is 0.347 e. The van der Waals surface area contributed by atoms with Gasteiger partial charge in [0.05, 0.1) is 11.0 Å². The van der Waals surface area contributed by atoms with E-state index in [2.05, 4.69) is 0 Å². The molecule has 5 nitrogen and oxygen atoms in total. The fourth-order valence-electron chi connectivity index (χ4n) is 2.90. The molecule has 4 rings (SSSR count). The Morgan fingerprint density at radius 3 is 2.00 bits per heavy atom. The normalized spacial score (nSPS) is 12.0. The van der Waals surface area contributed by atoms with Gasteiger partial charge in [-0.05, 0) is 23.6 Å². The highest BCUT2D eigenvalue weighted by Crippen LogP contribution is 2.34. The van der Waals surface area contributed by atoms with Crippen molar-refractivity contribution in [3.8, 4) is 0 Å². The molecule has 2 heterocycles. The molecule has 0 radical (unpaired) electrons. The first-order valence-corrected chi connectivity index (χ1v) is 9.38. The Kier molecular flexibility index (Phi) is 3.22. The van der Waals surface area contributed by atoms with Crippen molar-refractivity contribution in [2.75, 3.05) is 0 Å². The number of carboxylic acids is 1. The van der Waals surface area contributed by atoms with Gasteiger partial charge in [0.2, 0.25) is 0 Å². The molecule has 0 amide bonds. The van der Waals surface area contributed by atoms with Crippen LogP contribution < -0.4 is 0 Å². The van der Waals surface area contributed by atoms with E-state index in [1.165, 1.54) is 15.4 Å². The molecule has 0 aliphatic rings. The first kappa shape index (κ1) is 14.9. The van der Waals surface area contributed by atoms with Gasteiger partial charge in [-0.3, -0.25) is 0 Å². The van der Waals surface area contributed by atoms with Crippen LogP contribution in [0, 0.1) is 0 Å². The van der Waals surface area contributed by atoms with Gasteiger partial charge in [0.25, 0.3) is 10.0 Å². The van der Waals surface area contributed by atoms with E-state index < -0.39 is 16.0 Å². The number of fused-ring (bicyclic) bond motifs is 3. The molecule has 0 aliphatic carbocycles. The third-order valence-electron chi connectivity index (χ3n) is 3.88. The zero-order valence-electron chi connectivity index (χ0n) is 12.2. The van der Waals surface area contributed by atoms with Gasteiger partial charge < -0.3 is 5.11 Å². The maximum Gasteiger partial charge on any atom is 0.347 e. The van der Waals surface area contributed by atoms with Crippen molar-refractivity contribution >= 4 is 49.1 Å². The molecule has 2 aromatic heterocycles. The molecule has 0 atom stereocenters. The van der Waals surface area contributed by atoms with Gasteiger partial charge in [0, 0.05) is 10.8 Å². The minimum Gasteiger partial charge on any atom is -0.477 e. The zero-order valence-corrected chi connectivity index (χ0v) is 13.8. The highest BCUT2D eigenvalue weighted by Gasteiger charge is 2.28. The number of hydrogen-bond donors (Lipinski definition) is 1. The summed E-state index contributed by atoms with van der Waals surface area (Å²) in [5.74, 6) is -1.25. The van der Waals surface area contributed by atoms with Crippen molar-refractivity contribution < 1.29 is 18.3 Å². The topological polar surface area (TPSA) is 76.4 Å². The van der Waals surface area contributed by atoms with Crippen LogP contribution in [0.4, 0.5) is 0 Å². The SMILES string of the molecule is O=C(O)c1sccc1S(=O)(=O)n1c2ccccc2c2ccccc21. The minimum absolute atomic E-state index is 0.183. The lowest BCUT2D eigenvalue weighted by molar-refractivity contribution is 0.0698. The van der Waals surface area contributed by atoms with Crippen LogP contribution in [0.15, 0.2) is 64.9 Å². The summed E-state index contributed by atoms with van der Waals surface area (Å²) in [6.45, 7) is 0. The molecular weight excluding hydrogens is 346 g/mol. The maximum atomic E-state index is 13.2. The van der Waals surface area contributed by atoms with Gasteiger partial charge in [-0.1, -0.05) is 36.4 Å². The van der Waals surface area contributed by atoms with Gasteiger partial charge in [-0.15, -0.1) is 11.3 Å². The van der Waals surface area contributed by atoms with Gasteiger partial charge >= 0.3 is 5.97 Å². The number of nitrogens with zero attached hydrogens (tertiary/aromatic N) is 1. The number of aromatic nitrogens is 1. The van der Waals surface area contributed by atoms with E-state index in [1.54, 1.807) is 24.3 Å². The van der Waals surface area contributed by atoms with Gasteiger partial charge in [0.15, 0.2) is 0 Å². The van der Waals surface area contributed by atoms with E-state index in [9.17, 15) is 18.3 Å². The predicted molar refractivity (Wildman–Crippen MR) is 93.3 cm³/mol. The summed E-state index contributed by atoms with van der Waals surface area (Å²) in [6.07, 6.45) is 0. The van der Waals surface area contributed by atoms with Crippen LogP contribution in [0.1, 0.15) is 9.67 Å². The van der Waals surface area contributed by atoms with Crippen LogP contribution in [-0.4, -0.2) is 23.5 Å². The molecule has 24 heavy (non-hydrogen) atoms. The molecule has 0 unspecified atom stereocenters. The largest absolute Gasteiger partial charge is 0.477 e. The Morgan fingerprint density at radius 1 is 0.917 bits per heavy atom. The van der Waals surface area contributed by atoms with Crippen molar-refractivity contribution in [3.63, 3.8) is 0 Å². The second-order valence-electron chi connectivity index (χ2n) is 5.22. The molecular formula is C17H11NO4S2. The van der Waals surface area contributed by atoms with E-state index in [4.69, 9.17) is 0 Å². The molecule has 0 saturated carbocycles. The monoisotopic (exact) mass is 357 g/mol. The molecule has 7 heteroatoms. The number of carboxylic acid groups (broad SMARTS) is 1. The number of hydrogen-bond acceptors (Lipinski definition) is 4. The van der Waals surface area contributed by atoms with Crippen molar-refractivity contribution in [2.24, 2.45) is 0 Å². The molecule has 4 aromatic rings. The van der Waals surface area contributed by atoms with Crippen LogP contribution in [0.2, 0.25) is 0 Å². The summed E-state index contributed by atoms with van der Waals surface area (Å²) in [6, 6.07) is 15.7. The summed E-state index contributed by atoms with van der Waals surface area (Å²) in [7, 11) is -4.03. The summed E-state index contributed by atoms with van der Waals surface area (Å²) < 4.78 is 27.7. The average molecular weight is 357 g/mol. The second kappa shape index (κ2) is 5.19. The van der Waals surface area contributed by atoms with Crippen LogP contribution in [-0.2, 0) is 10.0 Å². The van der Waals surface area contributed by atoms with Crippen LogP contribution in [0.5, 0.6) is 0 Å². The first-order chi connectivity index (χ1) is 11.5. The van der Waals surface area contributed by atoms with E-state index in [0.29, 0.717) is 11.0 Å². The maximum absolute atomic E-state index is 13.2. The summed E-state index contributed by atoms with van der Waals surface area (Å²) in [4.78, 5) is 11.0. The summed E-state index contributed by atoms with van der Waals surface area (Å²) >= 11 is 0.901. The Morgan fingerprint density at radius 2 is 1.46 bits per heavy atom. The number of benzene rings is 2. The van der Waals surface area contributed by atoms with Crippen LogP contribution in [0.3, 0.4) is 0 Å². The zero-order chi connectivity index (χ0) is 16.9. The van der Waals surface area contributed by atoms with Gasteiger partial charge in [0.1, 0.15) is 9.77 Å². The van der Waals surface area contributed by atoms with Gasteiger partial charge in [-0.25, -0.2) is 17.2 Å². The number of para-hydroxylation sites is 2. The average Bonchev–Trinajstić information content (AvgIpc) is 3.18. The third kappa shape index (κ3) is 1.98. The summed E-state index contributed by atoms with van der Waals surface area (Å²) in [5.41, 5.74) is 1.06. The number of thiophene rings is 1. The quantitative estimate of drug-likeness (QED) is 0.605. The molecule has 0 spiro atoms. The van der Waals surface area contributed by atoms with E-state index >= 15 is 0 Å². The lowest BCUT2D eigenvalue weighted by atomic mass is 10.2. The Labute approximate surface area is 141 Å². The van der Waals surface area contributed by atoms with Crippen LogP contribution >= 0.6 is 11.3 Å². The molecule has 1 N–H and O–H groups in total. The highest BCUT2D eigenvalue weighted by molar-refractivity contribution is 7.90. The van der Waals surface area contributed by atoms with E-state index in [1.807, 2.05) is 24.3 Å². The lowest BCUT2D eigenvalue weighted by Crippen LogP contribution is -2.14. The Balaban J connectivity index is 2.15. The predicted octanol–water partition coefficient (Wildman–Crippen LogP) is 3.79. The third-order valence-corrected chi connectivity index (χ3v) is 6.68. The first-order valence-electron chi connectivity index (χ1n) is 7.06. The van der Waals surface area contributed by atoms with Crippen molar-refractivity contribution in [1.82, 2.24) is 3.97 Å². The Bertz CT molecular complexity index is 1150. The van der Waals surface area contributed by atoms with Crippen molar-refractivity contribution in [3.05, 3.63) is 64.9 Å². The van der Waals surface area contributed by atoms with E-state index in [-0.39, 0.29) is 9.77 Å². The fourth-order valence-corrected chi connectivity index (χ4v) is 5.67. The summed E-state index contributed by atoms with van der Waals surface area (Å²) in [5, 5.41) is 12.4. The fraction of sp³-hybridized carbons (Fsp3) is 0. The molecule has 0 bridgehead atoms. The Hall–Kier alpha value is -2.64. The number of aromatic carboxylic acids is 1.